The largest absolute Gasteiger partial charge is 0.348 e. The summed E-state index contributed by atoms with van der Waals surface area (Å²) < 4.78 is 0. The third kappa shape index (κ3) is 3.87. The molecule has 0 radical (unpaired) electrons. The Balaban J connectivity index is 0.00000162. The van der Waals surface area contributed by atoms with Crippen LogP contribution in [0, 0.1) is 6.92 Å². The van der Waals surface area contributed by atoms with Gasteiger partial charge in [0.25, 0.3) is 5.91 Å². The van der Waals surface area contributed by atoms with Gasteiger partial charge in [-0.05, 0) is 50.1 Å². The highest BCUT2D eigenvalue weighted by atomic mass is 35.5. The van der Waals surface area contributed by atoms with E-state index in [9.17, 15) is 4.79 Å². The fraction of sp³-hybridized carbons (Fsp3) is 0.462. The van der Waals surface area contributed by atoms with Crippen molar-refractivity contribution in [3.8, 4) is 0 Å². The molecule has 1 aromatic carbocycles. The number of carbonyl (C=O) groups is 1. The van der Waals surface area contributed by atoms with Gasteiger partial charge in [0.05, 0.1) is 0 Å². The summed E-state index contributed by atoms with van der Waals surface area (Å²) in [5.74, 6) is -0.00660. The van der Waals surface area contributed by atoms with E-state index in [0.717, 1.165) is 31.5 Å². The molecule has 2 rings (SSSR count). The van der Waals surface area contributed by atoms with Crippen molar-refractivity contribution in [2.24, 2.45) is 0 Å². The Kier molecular flexibility index (Phi) is 5.93. The number of aryl methyl sites for hydroxylation is 1. The maximum Gasteiger partial charge on any atom is 0.251 e. The molecular weight excluding hydrogens is 271 g/mol. The van der Waals surface area contributed by atoms with Gasteiger partial charge in [-0.25, -0.2) is 0 Å². The monoisotopic (exact) mass is 288 g/mol. The van der Waals surface area contributed by atoms with Crippen LogP contribution in [0.2, 0.25) is 5.02 Å². The minimum Gasteiger partial charge on any atom is -0.348 e. The lowest BCUT2D eigenvalue weighted by Gasteiger charge is -2.24. The van der Waals surface area contributed by atoms with Crippen molar-refractivity contribution in [1.29, 1.82) is 0 Å². The van der Waals surface area contributed by atoms with Gasteiger partial charge in [0, 0.05) is 23.2 Å². The summed E-state index contributed by atoms with van der Waals surface area (Å²) in [5.41, 5.74) is 1.62. The van der Waals surface area contributed by atoms with E-state index in [1.165, 1.54) is 0 Å². The number of hydrogen-bond acceptors (Lipinski definition) is 2. The zero-order valence-electron chi connectivity index (χ0n) is 10.3. The van der Waals surface area contributed by atoms with Gasteiger partial charge in [-0.1, -0.05) is 11.6 Å². The van der Waals surface area contributed by atoms with Crippen molar-refractivity contribution in [2.75, 3.05) is 13.1 Å². The smallest absolute Gasteiger partial charge is 0.251 e. The van der Waals surface area contributed by atoms with E-state index >= 15 is 0 Å². The van der Waals surface area contributed by atoms with Crippen LogP contribution in [0.4, 0.5) is 0 Å². The summed E-state index contributed by atoms with van der Waals surface area (Å²) in [5, 5.41) is 7.00. The second-order valence-corrected chi connectivity index (χ2v) is 4.91. The lowest BCUT2D eigenvalue weighted by atomic mass is 10.1. The maximum atomic E-state index is 12.1. The predicted octanol–water partition coefficient (Wildman–Crippen LogP) is 2.55. The Morgan fingerprint density at radius 3 is 2.89 bits per heavy atom. The third-order valence-electron chi connectivity index (χ3n) is 3.07. The summed E-state index contributed by atoms with van der Waals surface area (Å²) in [6.45, 7) is 3.81. The molecule has 0 unspecified atom stereocenters. The second-order valence-electron chi connectivity index (χ2n) is 4.48. The molecule has 1 aromatic rings. The van der Waals surface area contributed by atoms with Gasteiger partial charge in [-0.15, -0.1) is 12.4 Å². The van der Waals surface area contributed by atoms with Crippen LogP contribution in [-0.2, 0) is 0 Å². The number of hydrogen-bond donors (Lipinski definition) is 2. The molecule has 1 aliphatic heterocycles. The van der Waals surface area contributed by atoms with Crippen LogP contribution in [0.5, 0.6) is 0 Å². The Morgan fingerprint density at radius 1 is 1.50 bits per heavy atom. The van der Waals surface area contributed by atoms with Crippen molar-refractivity contribution in [3.63, 3.8) is 0 Å². The molecule has 0 bridgehead atoms. The topological polar surface area (TPSA) is 41.1 Å². The van der Waals surface area contributed by atoms with Gasteiger partial charge in [0.2, 0.25) is 0 Å². The molecule has 0 spiro atoms. The average molecular weight is 289 g/mol. The van der Waals surface area contributed by atoms with Crippen molar-refractivity contribution < 1.29 is 4.79 Å². The van der Waals surface area contributed by atoms with Gasteiger partial charge < -0.3 is 10.6 Å². The lowest BCUT2D eigenvalue weighted by Crippen LogP contribution is -2.45. The average Bonchev–Trinajstić information content (AvgIpc) is 2.30. The van der Waals surface area contributed by atoms with Gasteiger partial charge in [0.1, 0.15) is 0 Å². The summed E-state index contributed by atoms with van der Waals surface area (Å²) in [7, 11) is 0. The summed E-state index contributed by atoms with van der Waals surface area (Å²) >= 11 is 5.87. The minimum absolute atomic E-state index is 0. The molecule has 1 amide bonds. The van der Waals surface area contributed by atoms with Crippen LogP contribution in [0.15, 0.2) is 18.2 Å². The zero-order chi connectivity index (χ0) is 12.3. The first-order chi connectivity index (χ1) is 8.16. The first kappa shape index (κ1) is 15.3. The first-order valence-corrected chi connectivity index (χ1v) is 6.32. The van der Waals surface area contributed by atoms with E-state index < -0.39 is 0 Å². The normalized spacial score (nSPS) is 18.9. The highest BCUT2D eigenvalue weighted by molar-refractivity contribution is 6.30. The summed E-state index contributed by atoms with van der Waals surface area (Å²) in [6.07, 6.45) is 2.16. The molecule has 3 nitrogen and oxygen atoms in total. The van der Waals surface area contributed by atoms with Crippen LogP contribution < -0.4 is 10.6 Å². The minimum atomic E-state index is -0.00660. The molecule has 1 aliphatic rings. The number of piperidine rings is 1. The molecule has 5 heteroatoms. The lowest BCUT2D eigenvalue weighted by molar-refractivity contribution is 0.0930. The molecule has 2 N–H and O–H groups in total. The van der Waals surface area contributed by atoms with Crippen LogP contribution in [-0.4, -0.2) is 25.0 Å². The van der Waals surface area contributed by atoms with E-state index in [1.807, 2.05) is 13.0 Å². The molecule has 0 saturated carbocycles. The van der Waals surface area contributed by atoms with Crippen LogP contribution in [0.3, 0.4) is 0 Å². The number of nitrogens with one attached hydrogen (secondary N) is 2. The van der Waals surface area contributed by atoms with Crippen LogP contribution in [0.25, 0.3) is 0 Å². The van der Waals surface area contributed by atoms with Crippen LogP contribution in [0.1, 0.15) is 28.8 Å². The SMILES string of the molecule is Cc1cc(Cl)ccc1C(=O)N[C@@H]1CCCNC1.Cl. The maximum absolute atomic E-state index is 12.1. The molecule has 0 aromatic heterocycles. The second kappa shape index (κ2) is 6.98. The van der Waals surface area contributed by atoms with E-state index in [-0.39, 0.29) is 24.4 Å². The molecule has 1 heterocycles. The van der Waals surface area contributed by atoms with Crippen molar-refractivity contribution >= 4 is 29.9 Å². The Hall–Kier alpha value is -0.770. The molecule has 0 aliphatic carbocycles. The van der Waals surface area contributed by atoms with Gasteiger partial charge in [-0.3, -0.25) is 4.79 Å². The number of amides is 1. The Bertz CT molecular complexity index is 417. The summed E-state index contributed by atoms with van der Waals surface area (Å²) in [4.78, 5) is 12.1. The number of benzene rings is 1. The van der Waals surface area contributed by atoms with E-state index in [2.05, 4.69) is 10.6 Å². The number of carbonyl (C=O) groups excluding carboxylic acids is 1. The highest BCUT2D eigenvalue weighted by Crippen LogP contribution is 2.15. The third-order valence-corrected chi connectivity index (χ3v) is 3.30. The van der Waals surface area contributed by atoms with Crippen molar-refractivity contribution in [3.05, 3.63) is 34.3 Å². The summed E-state index contributed by atoms with van der Waals surface area (Å²) in [6, 6.07) is 5.59. The highest BCUT2D eigenvalue weighted by Gasteiger charge is 2.17. The molecular formula is C13H18Cl2N2O. The predicted molar refractivity (Wildman–Crippen MR) is 76.8 cm³/mol. The van der Waals surface area contributed by atoms with Crippen molar-refractivity contribution in [1.82, 2.24) is 10.6 Å². The Labute approximate surface area is 119 Å². The Morgan fingerprint density at radius 2 is 2.28 bits per heavy atom. The molecule has 1 saturated heterocycles. The van der Waals surface area contributed by atoms with Gasteiger partial charge in [-0.2, -0.15) is 0 Å². The van der Waals surface area contributed by atoms with Crippen molar-refractivity contribution in [2.45, 2.75) is 25.8 Å². The number of rotatable bonds is 2. The number of halogens is 2. The first-order valence-electron chi connectivity index (χ1n) is 5.94. The van der Waals surface area contributed by atoms with E-state index in [0.29, 0.717) is 10.6 Å². The fourth-order valence-corrected chi connectivity index (χ4v) is 2.35. The van der Waals surface area contributed by atoms with Crippen LogP contribution >= 0.6 is 24.0 Å². The van der Waals surface area contributed by atoms with Gasteiger partial charge in [0.15, 0.2) is 0 Å². The zero-order valence-corrected chi connectivity index (χ0v) is 11.9. The van der Waals surface area contributed by atoms with Gasteiger partial charge >= 0.3 is 0 Å². The van der Waals surface area contributed by atoms with E-state index in [1.54, 1.807) is 12.1 Å². The fourth-order valence-electron chi connectivity index (χ4n) is 2.12. The quantitative estimate of drug-likeness (QED) is 0.878. The molecule has 1 atom stereocenters. The van der Waals surface area contributed by atoms with E-state index in [4.69, 9.17) is 11.6 Å². The standard InChI is InChI=1S/C13H17ClN2O.ClH/c1-9-7-10(14)4-5-12(9)13(17)16-11-3-2-6-15-8-11;/h4-5,7,11,15H,2-3,6,8H2,1H3,(H,16,17);1H/t11-;/m1./s1. The molecule has 1 fully saturated rings. The molecule has 18 heavy (non-hydrogen) atoms. The molecule has 100 valence electrons.